The molecule has 0 saturated carbocycles. The molecule has 0 amide bonds. The van der Waals surface area contributed by atoms with Gasteiger partial charge in [0.2, 0.25) is 0 Å². The molecule has 0 unspecified atom stereocenters. The van der Waals surface area contributed by atoms with E-state index < -0.39 is 0 Å². The van der Waals surface area contributed by atoms with Crippen LogP contribution in [-0.2, 0) is 0 Å². The van der Waals surface area contributed by atoms with E-state index in [9.17, 15) is 0 Å². The molecule has 5 heteroatoms. The van der Waals surface area contributed by atoms with Crippen molar-refractivity contribution in [3.8, 4) is 6.07 Å². The number of hydrogen-bond acceptors (Lipinski definition) is 3. The van der Waals surface area contributed by atoms with Gasteiger partial charge in [-0.15, -0.1) is 0 Å². The summed E-state index contributed by atoms with van der Waals surface area (Å²) in [6, 6.07) is 3.58. The predicted molar refractivity (Wildman–Crippen MR) is 56.8 cm³/mol. The summed E-state index contributed by atoms with van der Waals surface area (Å²) in [5, 5.41) is 8.49. The molecule has 1 atom stereocenters. The summed E-state index contributed by atoms with van der Waals surface area (Å²) in [5.41, 5.74) is 6.67. The van der Waals surface area contributed by atoms with Crippen LogP contribution in [-0.4, -0.2) is 4.98 Å². The molecule has 1 heterocycles. The van der Waals surface area contributed by atoms with E-state index in [1.807, 2.05) is 12.1 Å². The Labute approximate surface area is 93.2 Å². The predicted octanol–water partition coefficient (Wildman–Crippen LogP) is 2.52. The molecule has 1 aromatic rings. The molecule has 1 aromatic heterocycles. The Morgan fingerprint density at radius 2 is 2.31 bits per heavy atom. The minimum absolute atomic E-state index is 0.265. The topological polar surface area (TPSA) is 62.7 Å². The summed E-state index contributed by atoms with van der Waals surface area (Å²) in [7, 11) is 0. The molecular weight excluding hydrogens is 298 g/mol. The van der Waals surface area contributed by atoms with E-state index in [4.69, 9.17) is 11.0 Å². The zero-order valence-corrected chi connectivity index (χ0v) is 9.84. The Bertz CT molecular complexity index is 346. The SMILES string of the molecule is N#CC[C@@H](N)c1cc(Br)ncc1Br. The maximum Gasteiger partial charge on any atom is 0.106 e. The average Bonchev–Trinajstić information content (AvgIpc) is 2.09. The van der Waals surface area contributed by atoms with Crippen molar-refractivity contribution < 1.29 is 0 Å². The highest BCUT2D eigenvalue weighted by Gasteiger charge is 2.10. The van der Waals surface area contributed by atoms with Gasteiger partial charge in [-0.1, -0.05) is 0 Å². The van der Waals surface area contributed by atoms with Gasteiger partial charge in [-0.05, 0) is 43.5 Å². The van der Waals surface area contributed by atoms with Gasteiger partial charge in [0.1, 0.15) is 4.60 Å². The number of rotatable bonds is 2. The van der Waals surface area contributed by atoms with E-state index in [-0.39, 0.29) is 6.04 Å². The third-order valence-electron chi connectivity index (χ3n) is 1.56. The summed E-state index contributed by atoms with van der Waals surface area (Å²) < 4.78 is 1.55. The van der Waals surface area contributed by atoms with Gasteiger partial charge in [-0.2, -0.15) is 5.26 Å². The maximum absolute atomic E-state index is 8.49. The first kappa shape index (κ1) is 10.6. The minimum Gasteiger partial charge on any atom is -0.323 e. The fraction of sp³-hybridized carbons (Fsp3) is 0.250. The van der Waals surface area contributed by atoms with Crippen molar-refractivity contribution in [2.24, 2.45) is 5.73 Å². The highest BCUT2D eigenvalue weighted by atomic mass is 79.9. The first-order chi connectivity index (χ1) is 6.15. The number of aromatic nitrogens is 1. The van der Waals surface area contributed by atoms with Gasteiger partial charge in [-0.3, -0.25) is 0 Å². The Kier molecular flexibility index (Phi) is 3.85. The lowest BCUT2D eigenvalue weighted by atomic mass is 10.1. The monoisotopic (exact) mass is 303 g/mol. The van der Waals surface area contributed by atoms with Gasteiger partial charge in [0.05, 0.1) is 12.5 Å². The highest BCUT2D eigenvalue weighted by molar-refractivity contribution is 9.11. The highest BCUT2D eigenvalue weighted by Crippen LogP contribution is 2.25. The summed E-state index contributed by atoms with van der Waals surface area (Å²) >= 11 is 6.57. The molecular formula is C8H7Br2N3. The fourth-order valence-electron chi connectivity index (χ4n) is 0.920. The van der Waals surface area contributed by atoms with Crippen molar-refractivity contribution in [3.63, 3.8) is 0 Å². The largest absolute Gasteiger partial charge is 0.323 e. The Morgan fingerprint density at radius 1 is 1.62 bits per heavy atom. The lowest BCUT2D eigenvalue weighted by molar-refractivity contribution is 0.741. The molecule has 0 fully saturated rings. The Morgan fingerprint density at radius 3 is 2.92 bits per heavy atom. The lowest BCUT2D eigenvalue weighted by Gasteiger charge is -2.09. The van der Waals surface area contributed by atoms with E-state index in [2.05, 4.69) is 36.8 Å². The summed E-state index contributed by atoms with van der Waals surface area (Å²) in [5.74, 6) is 0. The van der Waals surface area contributed by atoms with E-state index in [1.54, 1.807) is 6.20 Å². The molecule has 2 N–H and O–H groups in total. The van der Waals surface area contributed by atoms with Crippen molar-refractivity contribution in [2.45, 2.75) is 12.5 Å². The van der Waals surface area contributed by atoms with Crippen molar-refractivity contribution in [1.82, 2.24) is 4.98 Å². The molecule has 0 bridgehead atoms. The van der Waals surface area contributed by atoms with Crippen molar-refractivity contribution in [3.05, 3.63) is 26.9 Å². The molecule has 68 valence electrons. The van der Waals surface area contributed by atoms with Crippen LogP contribution in [0.25, 0.3) is 0 Å². The molecule has 0 aliphatic rings. The van der Waals surface area contributed by atoms with E-state index in [0.29, 0.717) is 6.42 Å². The molecule has 0 aliphatic carbocycles. The standard InChI is InChI=1S/C8H7Br2N3/c9-6-4-13-8(10)3-5(6)7(12)1-2-11/h3-4,7H,1,12H2/t7-/m1/s1. The van der Waals surface area contributed by atoms with Crippen LogP contribution < -0.4 is 5.73 Å². The second-order valence-electron chi connectivity index (χ2n) is 2.50. The average molecular weight is 305 g/mol. The van der Waals surface area contributed by atoms with Crippen molar-refractivity contribution in [1.29, 1.82) is 5.26 Å². The van der Waals surface area contributed by atoms with Gasteiger partial charge in [0.25, 0.3) is 0 Å². The number of nitriles is 1. The molecule has 1 rings (SSSR count). The van der Waals surface area contributed by atoms with E-state index >= 15 is 0 Å². The number of pyridine rings is 1. The van der Waals surface area contributed by atoms with Crippen LogP contribution >= 0.6 is 31.9 Å². The Balaban J connectivity index is 3.00. The van der Waals surface area contributed by atoms with Crippen molar-refractivity contribution in [2.75, 3.05) is 0 Å². The molecule has 0 aromatic carbocycles. The molecule has 0 radical (unpaired) electrons. The van der Waals surface area contributed by atoms with E-state index in [1.165, 1.54) is 0 Å². The fourth-order valence-corrected chi connectivity index (χ4v) is 1.78. The van der Waals surface area contributed by atoms with Gasteiger partial charge < -0.3 is 5.73 Å². The van der Waals surface area contributed by atoms with E-state index in [0.717, 1.165) is 14.6 Å². The second kappa shape index (κ2) is 4.70. The van der Waals surface area contributed by atoms with Crippen LogP contribution in [0.4, 0.5) is 0 Å². The number of nitrogens with two attached hydrogens (primary N) is 1. The minimum atomic E-state index is -0.265. The van der Waals surface area contributed by atoms with Crippen LogP contribution in [0.3, 0.4) is 0 Å². The van der Waals surface area contributed by atoms with Gasteiger partial charge >= 0.3 is 0 Å². The maximum atomic E-state index is 8.49. The first-order valence-corrected chi connectivity index (χ1v) is 5.17. The second-order valence-corrected chi connectivity index (χ2v) is 4.16. The van der Waals surface area contributed by atoms with Crippen LogP contribution in [0.1, 0.15) is 18.0 Å². The summed E-state index contributed by atoms with van der Waals surface area (Å²) in [4.78, 5) is 4.01. The van der Waals surface area contributed by atoms with Crippen LogP contribution in [0.2, 0.25) is 0 Å². The van der Waals surface area contributed by atoms with Gasteiger partial charge in [0.15, 0.2) is 0 Å². The zero-order valence-electron chi connectivity index (χ0n) is 6.67. The normalized spacial score (nSPS) is 12.2. The molecule has 0 spiro atoms. The van der Waals surface area contributed by atoms with Gasteiger partial charge in [0, 0.05) is 16.7 Å². The third kappa shape index (κ3) is 2.76. The number of halogens is 2. The van der Waals surface area contributed by atoms with Crippen LogP contribution in [0.15, 0.2) is 21.3 Å². The smallest absolute Gasteiger partial charge is 0.106 e. The summed E-state index contributed by atoms with van der Waals surface area (Å²) in [6.45, 7) is 0. The quantitative estimate of drug-likeness (QED) is 0.854. The first-order valence-electron chi connectivity index (χ1n) is 3.58. The van der Waals surface area contributed by atoms with Crippen LogP contribution in [0.5, 0.6) is 0 Å². The molecule has 3 nitrogen and oxygen atoms in total. The zero-order chi connectivity index (χ0) is 9.84. The van der Waals surface area contributed by atoms with Gasteiger partial charge in [-0.25, -0.2) is 4.98 Å². The molecule has 0 saturated heterocycles. The molecule has 0 aliphatic heterocycles. The Hall–Kier alpha value is -0.440. The summed E-state index contributed by atoms with van der Waals surface area (Å²) in [6.07, 6.45) is 1.96. The van der Waals surface area contributed by atoms with Crippen LogP contribution in [0, 0.1) is 11.3 Å². The number of hydrogen-bond donors (Lipinski definition) is 1. The lowest BCUT2D eigenvalue weighted by Crippen LogP contribution is -2.10. The number of nitrogens with zero attached hydrogens (tertiary/aromatic N) is 2. The molecule has 13 heavy (non-hydrogen) atoms. The van der Waals surface area contributed by atoms with Crippen molar-refractivity contribution >= 4 is 31.9 Å². The third-order valence-corrected chi connectivity index (χ3v) is 2.66.